The van der Waals surface area contributed by atoms with E-state index in [0.29, 0.717) is 30.8 Å². The van der Waals surface area contributed by atoms with Gasteiger partial charge in [0.25, 0.3) is 0 Å². The van der Waals surface area contributed by atoms with Crippen LogP contribution in [-0.4, -0.2) is 25.2 Å². The average Bonchev–Trinajstić information content (AvgIpc) is 3.00. The maximum Gasteiger partial charge on any atom is 0.418 e. The molecule has 0 radical (unpaired) electrons. The van der Waals surface area contributed by atoms with Gasteiger partial charge in [0.15, 0.2) is 0 Å². The molecule has 0 aliphatic carbocycles. The second-order valence-corrected chi connectivity index (χ2v) is 6.88. The van der Waals surface area contributed by atoms with E-state index in [0.717, 1.165) is 6.07 Å². The monoisotopic (exact) mass is 403 g/mol. The lowest BCUT2D eigenvalue weighted by Crippen LogP contribution is -2.29. The van der Waals surface area contributed by atoms with Gasteiger partial charge in [-0.1, -0.05) is 12.2 Å². The van der Waals surface area contributed by atoms with Crippen molar-refractivity contribution < 1.29 is 22.4 Å². The summed E-state index contributed by atoms with van der Waals surface area (Å²) in [4.78, 5) is 17.9. The average molecular weight is 403 g/mol. The molecule has 0 saturated carbocycles. The summed E-state index contributed by atoms with van der Waals surface area (Å²) in [5.41, 5.74) is 0.284. The molecule has 1 amide bonds. The van der Waals surface area contributed by atoms with Crippen LogP contribution in [0.2, 0.25) is 0 Å². The van der Waals surface area contributed by atoms with E-state index in [1.165, 1.54) is 36.5 Å². The third-order valence-electron chi connectivity index (χ3n) is 4.95. The number of carbonyl (C=O) groups excluding carboxylic acids is 1. The van der Waals surface area contributed by atoms with E-state index in [1.54, 1.807) is 4.90 Å². The van der Waals surface area contributed by atoms with E-state index in [2.05, 4.69) is 10.3 Å². The van der Waals surface area contributed by atoms with Crippen molar-refractivity contribution in [2.75, 3.05) is 23.3 Å². The SMILES string of the molecule is O=C1Nc2ccc(F)cc2C1C=Nc1ccc(N2CC=CCC2)c(C(F)(F)F)c1. The highest BCUT2D eigenvalue weighted by Crippen LogP contribution is 2.39. The molecular formula is C21H17F4N3O. The summed E-state index contributed by atoms with van der Waals surface area (Å²) in [5, 5.41) is 2.61. The Morgan fingerprint density at radius 2 is 1.97 bits per heavy atom. The summed E-state index contributed by atoms with van der Waals surface area (Å²) in [6, 6.07) is 7.75. The first-order chi connectivity index (χ1) is 13.8. The Morgan fingerprint density at radius 1 is 1.14 bits per heavy atom. The van der Waals surface area contributed by atoms with Crippen LogP contribution in [0, 0.1) is 5.82 Å². The lowest BCUT2D eigenvalue weighted by atomic mass is 10.0. The first kappa shape index (κ1) is 19.2. The molecule has 0 saturated heterocycles. The van der Waals surface area contributed by atoms with Crippen molar-refractivity contribution in [1.82, 2.24) is 0 Å². The van der Waals surface area contributed by atoms with Crippen molar-refractivity contribution >= 4 is 29.2 Å². The van der Waals surface area contributed by atoms with Gasteiger partial charge >= 0.3 is 6.18 Å². The lowest BCUT2D eigenvalue weighted by molar-refractivity contribution is -0.137. The fraction of sp³-hybridized carbons (Fsp3) is 0.238. The van der Waals surface area contributed by atoms with Gasteiger partial charge in [-0.15, -0.1) is 0 Å². The molecule has 4 rings (SSSR count). The first-order valence-electron chi connectivity index (χ1n) is 9.08. The number of amides is 1. The van der Waals surface area contributed by atoms with E-state index < -0.39 is 29.4 Å². The number of hydrogen-bond acceptors (Lipinski definition) is 3. The number of alkyl halides is 3. The molecule has 2 heterocycles. The standard InChI is InChI=1S/C21H17F4N3O/c22-13-4-6-18-15(10-13)16(20(29)27-18)12-26-14-5-7-19(17(11-14)21(23,24)25)28-8-2-1-3-9-28/h1-2,4-7,10-12,16H,3,8-9H2,(H,27,29). The number of aliphatic imine (C=N–C) groups is 1. The molecule has 2 aromatic carbocycles. The molecule has 1 unspecified atom stereocenters. The van der Waals surface area contributed by atoms with Crippen LogP contribution in [0.4, 0.5) is 34.6 Å². The Hall–Kier alpha value is -3.16. The maximum absolute atomic E-state index is 13.6. The summed E-state index contributed by atoms with van der Waals surface area (Å²) in [5.74, 6) is -1.76. The van der Waals surface area contributed by atoms with Crippen molar-refractivity contribution in [2.45, 2.75) is 18.5 Å². The molecule has 0 aromatic heterocycles. The Kier molecular flexibility index (Phi) is 4.86. The molecule has 150 valence electrons. The fourth-order valence-corrected chi connectivity index (χ4v) is 3.53. The molecule has 2 aromatic rings. The number of rotatable bonds is 3. The molecule has 0 spiro atoms. The molecule has 4 nitrogen and oxygen atoms in total. The van der Waals surface area contributed by atoms with Gasteiger partial charge in [0, 0.05) is 30.7 Å². The van der Waals surface area contributed by atoms with Crippen LogP contribution in [0.5, 0.6) is 0 Å². The molecule has 2 aliphatic rings. The number of nitrogens with zero attached hydrogens (tertiary/aromatic N) is 2. The highest BCUT2D eigenvalue weighted by molar-refractivity contribution is 6.12. The zero-order chi connectivity index (χ0) is 20.6. The third-order valence-corrected chi connectivity index (χ3v) is 4.95. The van der Waals surface area contributed by atoms with Crippen LogP contribution >= 0.6 is 0 Å². The number of fused-ring (bicyclic) bond motifs is 1. The van der Waals surface area contributed by atoms with Gasteiger partial charge in [-0.3, -0.25) is 9.79 Å². The molecule has 1 N–H and O–H groups in total. The Bertz CT molecular complexity index is 1010. The van der Waals surface area contributed by atoms with Gasteiger partial charge in [-0.2, -0.15) is 13.2 Å². The van der Waals surface area contributed by atoms with Crippen LogP contribution in [0.3, 0.4) is 0 Å². The third kappa shape index (κ3) is 3.87. The van der Waals surface area contributed by atoms with Crippen LogP contribution in [0.25, 0.3) is 0 Å². The number of nitrogens with one attached hydrogen (secondary N) is 1. The van der Waals surface area contributed by atoms with Crippen molar-refractivity contribution in [1.29, 1.82) is 0 Å². The van der Waals surface area contributed by atoms with Crippen molar-refractivity contribution in [3.63, 3.8) is 0 Å². The minimum atomic E-state index is -4.54. The normalized spacial score (nSPS) is 19.0. The quantitative estimate of drug-likeness (QED) is 0.443. The second-order valence-electron chi connectivity index (χ2n) is 6.88. The van der Waals surface area contributed by atoms with Gasteiger partial charge in [0.05, 0.1) is 11.3 Å². The molecule has 29 heavy (non-hydrogen) atoms. The molecule has 0 bridgehead atoms. The van der Waals surface area contributed by atoms with E-state index in [4.69, 9.17) is 0 Å². The second kappa shape index (κ2) is 7.35. The van der Waals surface area contributed by atoms with Crippen LogP contribution in [-0.2, 0) is 11.0 Å². The molecule has 8 heteroatoms. The molecule has 2 aliphatic heterocycles. The van der Waals surface area contributed by atoms with E-state index >= 15 is 0 Å². The van der Waals surface area contributed by atoms with Crippen molar-refractivity contribution in [3.8, 4) is 0 Å². The zero-order valence-electron chi connectivity index (χ0n) is 15.2. The number of benzene rings is 2. The number of anilines is 2. The highest BCUT2D eigenvalue weighted by atomic mass is 19.4. The molecule has 1 atom stereocenters. The van der Waals surface area contributed by atoms with Crippen LogP contribution in [0.15, 0.2) is 53.5 Å². The van der Waals surface area contributed by atoms with E-state index in [1.807, 2.05) is 12.2 Å². The van der Waals surface area contributed by atoms with Gasteiger partial charge < -0.3 is 10.2 Å². The summed E-state index contributed by atoms with van der Waals surface area (Å²) in [6.45, 7) is 0.920. The predicted octanol–water partition coefficient (Wildman–Crippen LogP) is 5.05. The van der Waals surface area contributed by atoms with E-state index in [-0.39, 0.29) is 11.4 Å². The topological polar surface area (TPSA) is 44.7 Å². The Balaban J connectivity index is 1.65. The van der Waals surface area contributed by atoms with Crippen LogP contribution < -0.4 is 10.2 Å². The van der Waals surface area contributed by atoms with Gasteiger partial charge in [0.1, 0.15) is 11.7 Å². The predicted molar refractivity (Wildman–Crippen MR) is 103 cm³/mol. The highest BCUT2D eigenvalue weighted by Gasteiger charge is 2.35. The minimum absolute atomic E-state index is 0.0753. The number of hydrogen-bond donors (Lipinski definition) is 1. The summed E-state index contributed by atoms with van der Waals surface area (Å²) < 4.78 is 54.4. The Labute approximate surface area is 164 Å². The van der Waals surface area contributed by atoms with Crippen molar-refractivity contribution in [2.24, 2.45) is 4.99 Å². The van der Waals surface area contributed by atoms with Gasteiger partial charge in [0.2, 0.25) is 5.91 Å². The maximum atomic E-state index is 13.6. The van der Waals surface area contributed by atoms with E-state index in [9.17, 15) is 22.4 Å². The number of carbonyl (C=O) groups is 1. The van der Waals surface area contributed by atoms with Crippen molar-refractivity contribution in [3.05, 3.63) is 65.5 Å². The van der Waals surface area contributed by atoms with Gasteiger partial charge in [-0.05, 0) is 48.4 Å². The summed E-state index contributed by atoms with van der Waals surface area (Å²) >= 11 is 0. The summed E-state index contributed by atoms with van der Waals surface area (Å²) in [6.07, 6.45) is 1.17. The zero-order valence-corrected chi connectivity index (χ0v) is 15.2. The molecule has 0 fully saturated rings. The van der Waals surface area contributed by atoms with Crippen LogP contribution in [0.1, 0.15) is 23.5 Å². The summed E-state index contributed by atoms with van der Waals surface area (Å²) in [7, 11) is 0. The number of halogens is 4. The fourth-order valence-electron chi connectivity index (χ4n) is 3.53. The Morgan fingerprint density at radius 3 is 2.69 bits per heavy atom. The lowest BCUT2D eigenvalue weighted by Gasteiger charge is -2.28. The first-order valence-corrected chi connectivity index (χ1v) is 9.08. The smallest absolute Gasteiger partial charge is 0.367 e. The molecular weight excluding hydrogens is 386 g/mol. The minimum Gasteiger partial charge on any atom is -0.367 e. The van der Waals surface area contributed by atoms with Gasteiger partial charge in [-0.25, -0.2) is 4.39 Å². The largest absolute Gasteiger partial charge is 0.418 e.